The first-order valence-corrected chi connectivity index (χ1v) is 8.37. The van der Waals surface area contributed by atoms with Gasteiger partial charge in [0, 0.05) is 23.7 Å². The number of ether oxygens (including phenoxy) is 3. The molecule has 1 amide bonds. The monoisotopic (exact) mass is 372 g/mol. The second-order valence-corrected chi connectivity index (χ2v) is 5.85. The van der Waals surface area contributed by atoms with Crippen LogP contribution < -0.4 is 19.5 Å². The summed E-state index contributed by atoms with van der Waals surface area (Å²) in [6.45, 7) is 0. The standard InChI is InChI=1S/C17H16N4O4S/c1-23-10-6-13(24-2)15(14(7-10)25-3)12-8-26-17(20-12)21-16(22)11-4-5-18-9-19-11/h4-9H,1-3H3,(H,20,21,22). The minimum Gasteiger partial charge on any atom is -0.496 e. The summed E-state index contributed by atoms with van der Waals surface area (Å²) in [5.41, 5.74) is 1.55. The second kappa shape index (κ2) is 7.79. The molecule has 2 aromatic heterocycles. The molecule has 0 fully saturated rings. The summed E-state index contributed by atoms with van der Waals surface area (Å²) >= 11 is 1.29. The SMILES string of the molecule is COc1cc(OC)c(-c2csc(NC(=O)c3ccncn3)n2)c(OC)c1. The van der Waals surface area contributed by atoms with Gasteiger partial charge in [0.1, 0.15) is 29.3 Å². The van der Waals surface area contributed by atoms with Gasteiger partial charge >= 0.3 is 0 Å². The molecular formula is C17H16N4O4S. The minimum atomic E-state index is -0.359. The van der Waals surface area contributed by atoms with Gasteiger partial charge in [0.25, 0.3) is 5.91 Å². The van der Waals surface area contributed by atoms with Crippen molar-refractivity contribution < 1.29 is 19.0 Å². The number of rotatable bonds is 6. The van der Waals surface area contributed by atoms with Gasteiger partial charge in [0.05, 0.1) is 32.6 Å². The first-order valence-electron chi connectivity index (χ1n) is 7.49. The van der Waals surface area contributed by atoms with Crippen LogP contribution in [-0.2, 0) is 0 Å². The Labute approximate surface area is 153 Å². The van der Waals surface area contributed by atoms with E-state index in [0.29, 0.717) is 33.6 Å². The Morgan fingerprint density at radius 1 is 1.12 bits per heavy atom. The van der Waals surface area contributed by atoms with E-state index in [1.54, 1.807) is 33.5 Å². The average Bonchev–Trinajstić information content (AvgIpc) is 3.15. The molecule has 0 saturated heterocycles. The van der Waals surface area contributed by atoms with E-state index >= 15 is 0 Å². The summed E-state index contributed by atoms with van der Waals surface area (Å²) in [5, 5.41) is 4.96. The molecule has 134 valence electrons. The third-order valence-electron chi connectivity index (χ3n) is 3.51. The maximum absolute atomic E-state index is 12.2. The lowest BCUT2D eigenvalue weighted by atomic mass is 10.1. The molecule has 0 spiro atoms. The number of nitrogens with zero attached hydrogens (tertiary/aromatic N) is 3. The number of hydrogen-bond acceptors (Lipinski definition) is 8. The van der Waals surface area contributed by atoms with Crippen LogP contribution in [0.1, 0.15) is 10.5 Å². The molecule has 0 aliphatic rings. The third-order valence-corrected chi connectivity index (χ3v) is 4.27. The van der Waals surface area contributed by atoms with Crippen molar-refractivity contribution >= 4 is 22.4 Å². The molecule has 9 heteroatoms. The number of carbonyl (C=O) groups excluding carboxylic acids is 1. The van der Waals surface area contributed by atoms with Crippen LogP contribution in [0, 0.1) is 0 Å². The third kappa shape index (κ3) is 3.57. The van der Waals surface area contributed by atoms with E-state index in [4.69, 9.17) is 14.2 Å². The zero-order valence-electron chi connectivity index (χ0n) is 14.3. The fourth-order valence-corrected chi connectivity index (χ4v) is 2.99. The largest absolute Gasteiger partial charge is 0.496 e. The number of carbonyl (C=O) groups is 1. The molecule has 1 N–H and O–H groups in total. The zero-order valence-corrected chi connectivity index (χ0v) is 15.2. The first kappa shape index (κ1) is 17.6. The Morgan fingerprint density at radius 3 is 2.42 bits per heavy atom. The molecule has 0 saturated carbocycles. The van der Waals surface area contributed by atoms with Gasteiger partial charge in [0.15, 0.2) is 5.13 Å². The topological polar surface area (TPSA) is 95.5 Å². The van der Waals surface area contributed by atoms with Crippen molar-refractivity contribution in [2.24, 2.45) is 0 Å². The Hall–Kier alpha value is -3.20. The van der Waals surface area contributed by atoms with Gasteiger partial charge in [-0.3, -0.25) is 10.1 Å². The highest BCUT2D eigenvalue weighted by Gasteiger charge is 2.19. The fraction of sp³-hybridized carbons (Fsp3) is 0.176. The maximum Gasteiger partial charge on any atom is 0.276 e. The molecule has 8 nitrogen and oxygen atoms in total. The molecular weight excluding hydrogens is 356 g/mol. The highest BCUT2D eigenvalue weighted by molar-refractivity contribution is 7.14. The molecule has 0 bridgehead atoms. The Kier molecular flexibility index (Phi) is 5.28. The molecule has 3 rings (SSSR count). The molecule has 0 unspecified atom stereocenters. The van der Waals surface area contributed by atoms with E-state index in [2.05, 4.69) is 20.3 Å². The summed E-state index contributed by atoms with van der Waals surface area (Å²) in [6, 6.07) is 5.02. The van der Waals surface area contributed by atoms with Crippen molar-refractivity contribution in [2.75, 3.05) is 26.6 Å². The Bertz CT molecular complexity index is 889. The smallest absolute Gasteiger partial charge is 0.276 e. The number of aromatic nitrogens is 3. The van der Waals surface area contributed by atoms with E-state index in [-0.39, 0.29) is 11.6 Å². The van der Waals surface area contributed by atoms with Crippen LogP contribution in [0.5, 0.6) is 17.2 Å². The molecule has 0 atom stereocenters. The summed E-state index contributed by atoms with van der Waals surface area (Å²) in [4.78, 5) is 24.4. The van der Waals surface area contributed by atoms with Gasteiger partial charge in [-0.2, -0.15) is 0 Å². The zero-order chi connectivity index (χ0) is 18.5. The van der Waals surface area contributed by atoms with Crippen LogP contribution in [0.25, 0.3) is 11.3 Å². The first-order chi connectivity index (χ1) is 12.7. The summed E-state index contributed by atoms with van der Waals surface area (Å²) in [7, 11) is 4.68. The Morgan fingerprint density at radius 2 is 1.85 bits per heavy atom. The van der Waals surface area contributed by atoms with Gasteiger partial charge < -0.3 is 14.2 Å². The molecule has 0 aliphatic carbocycles. The van der Waals surface area contributed by atoms with Gasteiger partial charge in [-0.25, -0.2) is 15.0 Å². The number of thiazole rings is 1. The number of amides is 1. The lowest BCUT2D eigenvalue weighted by Crippen LogP contribution is -2.13. The number of anilines is 1. The predicted octanol–water partition coefficient (Wildman–Crippen LogP) is 2.88. The van der Waals surface area contributed by atoms with Crippen LogP contribution >= 0.6 is 11.3 Å². The van der Waals surface area contributed by atoms with Crippen molar-refractivity contribution in [3.05, 3.63) is 41.8 Å². The van der Waals surface area contributed by atoms with E-state index in [1.807, 2.05) is 5.38 Å². The second-order valence-electron chi connectivity index (χ2n) is 4.99. The van der Waals surface area contributed by atoms with Gasteiger partial charge in [0.2, 0.25) is 0 Å². The van der Waals surface area contributed by atoms with Crippen LogP contribution in [0.4, 0.5) is 5.13 Å². The van der Waals surface area contributed by atoms with Gasteiger partial charge in [-0.05, 0) is 6.07 Å². The molecule has 0 radical (unpaired) electrons. The van der Waals surface area contributed by atoms with Gasteiger partial charge in [-0.15, -0.1) is 11.3 Å². The minimum absolute atomic E-state index is 0.261. The summed E-state index contributed by atoms with van der Waals surface area (Å²) in [5.74, 6) is 1.36. The number of hydrogen-bond donors (Lipinski definition) is 1. The van der Waals surface area contributed by atoms with Crippen molar-refractivity contribution in [1.82, 2.24) is 15.0 Å². The van der Waals surface area contributed by atoms with E-state index < -0.39 is 0 Å². The molecule has 0 aliphatic heterocycles. The summed E-state index contributed by atoms with van der Waals surface area (Å²) < 4.78 is 16.1. The molecule has 3 aromatic rings. The predicted molar refractivity (Wildman–Crippen MR) is 97.2 cm³/mol. The van der Waals surface area contributed by atoms with Crippen molar-refractivity contribution in [3.63, 3.8) is 0 Å². The van der Waals surface area contributed by atoms with E-state index in [9.17, 15) is 4.79 Å². The van der Waals surface area contributed by atoms with Crippen LogP contribution in [0.2, 0.25) is 0 Å². The van der Waals surface area contributed by atoms with Crippen molar-refractivity contribution in [3.8, 4) is 28.5 Å². The van der Waals surface area contributed by atoms with Crippen LogP contribution in [-0.4, -0.2) is 42.2 Å². The van der Waals surface area contributed by atoms with Crippen LogP contribution in [0.3, 0.4) is 0 Å². The summed E-state index contributed by atoms with van der Waals surface area (Å²) in [6.07, 6.45) is 2.82. The fourth-order valence-electron chi connectivity index (χ4n) is 2.29. The molecule has 2 heterocycles. The highest BCUT2D eigenvalue weighted by Crippen LogP contribution is 2.42. The highest BCUT2D eigenvalue weighted by atomic mass is 32.1. The van der Waals surface area contributed by atoms with Gasteiger partial charge in [-0.1, -0.05) is 0 Å². The van der Waals surface area contributed by atoms with Crippen LogP contribution in [0.15, 0.2) is 36.1 Å². The number of methoxy groups -OCH3 is 3. The lowest BCUT2D eigenvalue weighted by Gasteiger charge is -2.13. The normalized spacial score (nSPS) is 10.3. The average molecular weight is 372 g/mol. The number of benzene rings is 1. The quantitative estimate of drug-likeness (QED) is 0.711. The molecule has 26 heavy (non-hydrogen) atoms. The van der Waals surface area contributed by atoms with Crippen molar-refractivity contribution in [2.45, 2.75) is 0 Å². The lowest BCUT2D eigenvalue weighted by molar-refractivity contribution is 0.102. The van der Waals surface area contributed by atoms with Crippen molar-refractivity contribution in [1.29, 1.82) is 0 Å². The maximum atomic E-state index is 12.2. The number of nitrogens with one attached hydrogen (secondary N) is 1. The molecule has 1 aromatic carbocycles. The van der Waals surface area contributed by atoms with E-state index in [1.165, 1.54) is 29.9 Å². The Balaban J connectivity index is 1.91. The van der Waals surface area contributed by atoms with E-state index in [0.717, 1.165) is 0 Å².